The summed E-state index contributed by atoms with van der Waals surface area (Å²) < 4.78 is 20.4. The topological polar surface area (TPSA) is 80.7 Å². The molecule has 0 aliphatic carbocycles. The summed E-state index contributed by atoms with van der Waals surface area (Å²) in [6, 6.07) is 8.84. The Morgan fingerprint density at radius 3 is 2.35 bits per heavy atom. The van der Waals surface area contributed by atoms with Gasteiger partial charge >= 0.3 is 11.9 Å². The van der Waals surface area contributed by atoms with Crippen LogP contribution in [0.15, 0.2) is 30.3 Å². The second kappa shape index (κ2) is 7.43. The van der Waals surface area contributed by atoms with E-state index in [0.29, 0.717) is 0 Å². The van der Waals surface area contributed by atoms with Crippen LogP contribution < -0.4 is 0 Å². The highest BCUT2D eigenvalue weighted by atomic mass is 16.5. The number of hydrogen-bond acceptors (Lipinski definition) is 4. The van der Waals surface area contributed by atoms with Gasteiger partial charge in [0, 0.05) is 8.64 Å². The maximum absolute atomic E-state index is 12.0. The van der Waals surface area contributed by atoms with Gasteiger partial charge < -0.3 is 9.84 Å². The summed E-state index contributed by atoms with van der Waals surface area (Å²) in [4.78, 5) is 34.6. The number of carbonyl (C=O) groups excluding carboxylic acids is 2. The highest BCUT2D eigenvalue weighted by Gasteiger charge is 2.27. The molecular weight excluding hydrogens is 260 g/mol. The van der Waals surface area contributed by atoms with Gasteiger partial charge in [0.15, 0.2) is 0 Å². The third kappa shape index (κ3) is 4.84. The first-order chi connectivity index (χ1) is 10.1. The SMILES string of the molecule is [2H]C(C)(C(=O)O)C([2H])(C)C(=O)CC(=O)OCc1ccccc1. The zero-order valence-electron chi connectivity index (χ0n) is 13.4. The van der Waals surface area contributed by atoms with Gasteiger partial charge in [-0.05, 0) is 5.56 Å². The zero-order chi connectivity index (χ0) is 17.0. The van der Waals surface area contributed by atoms with Crippen molar-refractivity contribution in [3.63, 3.8) is 0 Å². The zero-order valence-corrected chi connectivity index (χ0v) is 11.4. The van der Waals surface area contributed by atoms with Crippen LogP contribution in [0.5, 0.6) is 0 Å². The molecule has 1 aromatic rings. The number of carboxylic acid groups (broad SMARTS) is 1. The number of Topliss-reactive ketones (excluding diaryl/α,β-unsaturated/α-hetero) is 1. The minimum Gasteiger partial charge on any atom is -0.481 e. The lowest BCUT2D eigenvalue weighted by atomic mass is 9.90. The highest BCUT2D eigenvalue weighted by molar-refractivity contribution is 5.98. The van der Waals surface area contributed by atoms with E-state index in [0.717, 1.165) is 19.4 Å². The minimum atomic E-state index is -2.36. The maximum Gasteiger partial charge on any atom is 0.313 e. The fraction of sp³-hybridized carbons (Fsp3) is 0.400. The van der Waals surface area contributed by atoms with Crippen LogP contribution in [0, 0.1) is 11.8 Å². The largest absolute Gasteiger partial charge is 0.481 e. The number of rotatable bonds is 7. The Kier molecular flexibility index (Phi) is 4.77. The van der Waals surface area contributed by atoms with Crippen LogP contribution in [0.4, 0.5) is 0 Å². The molecule has 108 valence electrons. The second-order valence-corrected chi connectivity index (χ2v) is 4.30. The Labute approximate surface area is 120 Å². The highest BCUT2D eigenvalue weighted by Crippen LogP contribution is 2.14. The number of carboxylic acids is 1. The molecule has 1 rings (SSSR count). The third-order valence-corrected chi connectivity index (χ3v) is 2.85. The molecule has 1 aromatic carbocycles. The van der Waals surface area contributed by atoms with Gasteiger partial charge in [-0.3, -0.25) is 14.4 Å². The molecule has 2 atom stereocenters. The summed E-state index contributed by atoms with van der Waals surface area (Å²) in [5.41, 5.74) is 0.743. The quantitative estimate of drug-likeness (QED) is 0.610. The second-order valence-electron chi connectivity index (χ2n) is 4.30. The van der Waals surface area contributed by atoms with E-state index in [-0.39, 0.29) is 6.61 Å². The molecule has 0 aliphatic rings. The Morgan fingerprint density at radius 1 is 1.20 bits per heavy atom. The molecule has 0 saturated carbocycles. The van der Waals surface area contributed by atoms with E-state index in [2.05, 4.69) is 0 Å². The van der Waals surface area contributed by atoms with Gasteiger partial charge in [-0.2, -0.15) is 0 Å². The van der Waals surface area contributed by atoms with Crippen molar-refractivity contribution in [3.05, 3.63) is 35.9 Å². The molecule has 0 aliphatic heterocycles. The Balaban J connectivity index is 2.64. The molecule has 0 amide bonds. The number of carbonyl (C=O) groups is 3. The summed E-state index contributed by atoms with van der Waals surface area (Å²) in [7, 11) is 0. The van der Waals surface area contributed by atoms with Gasteiger partial charge in [0.2, 0.25) is 0 Å². The molecule has 0 spiro atoms. The minimum absolute atomic E-state index is 0.0151. The average Bonchev–Trinajstić information content (AvgIpc) is 2.45. The monoisotopic (exact) mass is 280 g/mol. The molecular formula is C15H18O5. The lowest BCUT2D eigenvalue weighted by molar-refractivity contribution is -0.151. The normalized spacial score (nSPS) is 17.9. The van der Waals surface area contributed by atoms with Gasteiger partial charge in [0.25, 0.3) is 0 Å². The van der Waals surface area contributed by atoms with Crippen LogP contribution in [0.2, 0.25) is 0 Å². The molecule has 5 heteroatoms. The van der Waals surface area contributed by atoms with E-state index in [1.807, 2.05) is 0 Å². The first kappa shape index (κ1) is 12.8. The lowest BCUT2D eigenvalue weighted by Crippen LogP contribution is -2.27. The van der Waals surface area contributed by atoms with Crippen molar-refractivity contribution < 1.29 is 27.0 Å². The maximum atomic E-state index is 12.0. The van der Waals surface area contributed by atoms with E-state index in [1.54, 1.807) is 30.3 Å². The van der Waals surface area contributed by atoms with E-state index >= 15 is 0 Å². The summed E-state index contributed by atoms with van der Waals surface area (Å²) in [5.74, 6) is -8.04. The predicted octanol–water partition coefficient (Wildman–Crippen LogP) is 2.05. The van der Waals surface area contributed by atoms with Crippen molar-refractivity contribution in [2.24, 2.45) is 11.8 Å². The molecule has 0 heterocycles. The molecule has 0 saturated heterocycles. The Morgan fingerprint density at radius 2 is 1.80 bits per heavy atom. The molecule has 0 fully saturated rings. The molecule has 20 heavy (non-hydrogen) atoms. The fourth-order valence-electron chi connectivity index (χ4n) is 1.42. The number of ketones is 1. The number of benzene rings is 1. The number of hydrogen-bond donors (Lipinski definition) is 1. The van der Waals surface area contributed by atoms with E-state index in [1.165, 1.54) is 0 Å². The van der Waals surface area contributed by atoms with Gasteiger partial charge in [-0.25, -0.2) is 0 Å². The van der Waals surface area contributed by atoms with Crippen molar-refractivity contribution >= 4 is 17.7 Å². The van der Waals surface area contributed by atoms with E-state index in [9.17, 15) is 14.4 Å². The van der Waals surface area contributed by atoms with Gasteiger partial charge in [-0.1, -0.05) is 44.2 Å². The fourth-order valence-corrected chi connectivity index (χ4v) is 1.42. The van der Waals surface area contributed by atoms with E-state index < -0.39 is 35.9 Å². The molecule has 1 N–H and O–H groups in total. The van der Waals surface area contributed by atoms with Crippen LogP contribution >= 0.6 is 0 Å². The Hall–Kier alpha value is -2.17. The van der Waals surface area contributed by atoms with Crippen molar-refractivity contribution in [1.29, 1.82) is 0 Å². The van der Waals surface area contributed by atoms with Gasteiger partial charge in [0.05, 0.1) is 5.89 Å². The molecule has 0 bridgehead atoms. The first-order valence-electron chi connectivity index (χ1n) is 7.05. The smallest absolute Gasteiger partial charge is 0.313 e. The van der Waals surface area contributed by atoms with Crippen LogP contribution in [0.3, 0.4) is 0 Å². The van der Waals surface area contributed by atoms with Crippen LogP contribution in [0.25, 0.3) is 0 Å². The van der Waals surface area contributed by atoms with Crippen LogP contribution in [-0.4, -0.2) is 22.8 Å². The average molecular weight is 280 g/mol. The third-order valence-electron chi connectivity index (χ3n) is 2.85. The number of esters is 1. The van der Waals surface area contributed by atoms with Crippen LogP contribution in [0.1, 0.15) is 28.6 Å². The first-order valence-corrected chi connectivity index (χ1v) is 6.05. The standard InChI is InChI=1S/C15H18O5/c1-10(11(2)15(18)19)13(16)8-14(17)20-9-12-6-4-3-5-7-12/h3-7,10-11H,8-9H2,1-2H3,(H,18,19)/i10D,11D. The molecule has 5 nitrogen and oxygen atoms in total. The van der Waals surface area contributed by atoms with Gasteiger partial charge in [0.1, 0.15) is 18.8 Å². The lowest BCUT2D eigenvalue weighted by Gasteiger charge is -2.14. The number of aliphatic carboxylic acids is 1. The summed E-state index contributed by atoms with van der Waals surface area (Å²) in [5, 5.41) is 8.94. The van der Waals surface area contributed by atoms with Crippen molar-refractivity contribution in [2.75, 3.05) is 0 Å². The number of ether oxygens (including phenoxy) is 1. The van der Waals surface area contributed by atoms with Crippen molar-refractivity contribution in [1.82, 2.24) is 0 Å². The van der Waals surface area contributed by atoms with Crippen LogP contribution in [-0.2, 0) is 25.7 Å². The molecule has 2 unspecified atom stereocenters. The summed E-state index contributed by atoms with van der Waals surface area (Å²) in [6.45, 7) is 1.95. The summed E-state index contributed by atoms with van der Waals surface area (Å²) in [6.07, 6.45) is -0.741. The molecule has 0 radical (unpaired) electrons. The predicted molar refractivity (Wildman–Crippen MR) is 71.8 cm³/mol. The van der Waals surface area contributed by atoms with Crippen molar-refractivity contribution in [2.45, 2.75) is 26.9 Å². The summed E-state index contributed by atoms with van der Waals surface area (Å²) >= 11 is 0. The molecule has 0 aromatic heterocycles. The Bertz CT molecular complexity index is 567. The van der Waals surface area contributed by atoms with E-state index in [4.69, 9.17) is 12.6 Å². The van der Waals surface area contributed by atoms with Gasteiger partial charge in [-0.15, -0.1) is 0 Å². The van der Waals surface area contributed by atoms with Crippen molar-refractivity contribution in [3.8, 4) is 0 Å².